The lowest BCUT2D eigenvalue weighted by Crippen LogP contribution is -2.51. The van der Waals surface area contributed by atoms with Crippen molar-refractivity contribution >= 4 is 21.9 Å². The smallest absolute Gasteiger partial charge is 0.223 e. The normalized spacial score (nSPS) is 18.0. The van der Waals surface area contributed by atoms with Crippen molar-refractivity contribution in [1.82, 2.24) is 16.4 Å². The Morgan fingerprint density at radius 1 is 1.42 bits per heavy atom. The molecule has 0 aromatic rings. The molecule has 2 amide bonds. The zero-order valence-electron chi connectivity index (χ0n) is 15.3. The largest absolute Gasteiger partial charge is 0.748 e. The molecule has 0 saturated carbocycles. The summed E-state index contributed by atoms with van der Waals surface area (Å²) in [6.07, 6.45) is 2.51. The van der Waals surface area contributed by atoms with E-state index >= 15 is 0 Å². The summed E-state index contributed by atoms with van der Waals surface area (Å²) in [6.45, 7) is 7.55. The summed E-state index contributed by atoms with van der Waals surface area (Å²) in [5.74, 6) is -1.14. The van der Waals surface area contributed by atoms with Crippen LogP contribution in [0.3, 0.4) is 0 Å². The van der Waals surface area contributed by atoms with Crippen LogP contribution < -0.4 is 11.5 Å². The van der Waals surface area contributed by atoms with Crippen LogP contribution in [0.4, 0.5) is 0 Å². The Morgan fingerprint density at radius 3 is 2.42 bits per heavy atom. The van der Waals surface area contributed by atoms with Crippen molar-refractivity contribution in [2.45, 2.75) is 65.0 Å². The molecule has 1 rings (SSSR count). The molecule has 0 bridgehead atoms. The number of hydrogen-bond donors (Lipinski definition) is 2. The van der Waals surface area contributed by atoms with E-state index in [4.69, 9.17) is 0 Å². The number of likely N-dealkylation sites (tertiary alicyclic amines) is 1. The third kappa shape index (κ3) is 7.14. The van der Waals surface area contributed by atoms with Crippen LogP contribution in [0.2, 0.25) is 0 Å². The molecule has 1 heterocycles. The molecule has 1 aliphatic rings. The Labute approximate surface area is 144 Å². The first-order chi connectivity index (χ1) is 10.4. The van der Waals surface area contributed by atoms with Crippen molar-refractivity contribution in [3.63, 3.8) is 0 Å². The summed E-state index contributed by atoms with van der Waals surface area (Å²) in [5, 5.41) is 2.65. The second kappa shape index (κ2) is 8.77. The fourth-order valence-corrected chi connectivity index (χ4v) is 4.00. The maximum Gasteiger partial charge on any atom is 0.223 e. The van der Waals surface area contributed by atoms with Crippen molar-refractivity contribution in [2.24, 2.45) is 5.92 Å². The van der Waals surface area contributed by atoms with E-state index in [1.807, 2.05) is 13.8 Å². The minimum atomic E-state index is -4.42. The zero-order chi connectivity index (χ0) is 17.8. The Kier molecular flexibility index (Phi) is 8.34. The fourth-order valence-electron chi connectivity index (χ4n) is 3.05. The summed E-state index contributed by atoms with van der Waals surface area (Å²) in [4.78, 5) is 26.0. The summed E-state index contributed by atoms with van der Waals surface area (Å²) < 4.78 is 32.7. The first kappa shape index (κ1) is 22.8. The number of hydrogen-bond acceptors (Lipinski definition) is 5. The molecule has 1 fully saturated rings. The fraction of sp³-hybridized carbons (Fsp3) is 0.867. The van der Waals surface area contributed by atoms with Crippen LogP contribution in [0.15, 0.2) is 0 Å². The lowest BCUT2D eigenvalue weighted by atomic mass is 9.95. The van der Waals surface area contributed by atoms with E-state index in [9.17, 15) is 22.6 Å². The van der Waals surface area contributed by atoms with Gasteiger partial charge >= 0.3 is 0 Å². The van der Waals surface area contributed by atoms with Gasteiger partial charge in [0.25, 0.3) is 0 Å². The minimum Gasteiger partial charge on any atom is -0.748 e. The Bertz CT molecular complexity index is 547. The first-order valence-electron chi connectivity index (χ1n) is 8.00. The predicted octanol–water partition coefficient (Wildman–Crippen LogP) is 1.23. The molecular formula is C15H31N3O5S. The number of carbonyl (C=O) groups excluding carboxylic acids is 2. The van der Waals surface area contributed by atoms with Gasteiger partial charge in [0.2, 0.25) is 11.8 Å². The standard InChI is InChI=1S/C15H28N2O5S.H3N/c1-5-12(9-11(2)17-8-6-7-13(17)18)14(19)16-15(3,4)10-23(20,21)22;/h11-12H,5-10H2,1-4H3,(H,16,19)(H,20,21,22);1H3. The van der Waals surface area contributed by atoms with Gasteiger partial charge in [-0.25, -0.2) is 8.42 Å². The molecule has 24 heavy (non-hydrogen) atoms. The molecule has 5 N–H and O–H groups in total. The van der Waals surface area contributed by atoms with Gasteiger partial charge in [0.15, 0.2) is 0 Å². The number of carbonyl (C=O) groups is 2. The van der Waals surface area contributed by atoms with Gasteiger partial charge in [0.05, 0.1) is 15.9 Å². The van der Waals surface area contributed by atoms with Crippen molar-refractivity contribution in [2.75, 3.05) is 12.3 Å². The SMILES string of the molecule is CCC(CC(C)N1CCCC1=O)C(=O)NC(C)(C)CS(=O)(=O)[O-].[NH4+]. The summed E-state index contributed by atoms with van der Waals surface area (Å²) in [7, 11) is -4.42. The molecule has 0 aliphatic carbocycles. The molecular weight excluding hydrogens is 334 g/mol. The highest BCUT2D eigenvalue weighted by Crippen LogP contribution is 2.21. The van der Waals surface area contributed by atoms with E-state index < -0.39 is 21.4 Å². The van der Waals surface area contributed by atoms with Gasteiger partial charge in [0, 0.05) is 30.5 Å². The molecule has 9 heteroatoms. The summed E-state index contributed by atoms with van der Waals surface area (Å²) in [5.41, 5.74) is -1.11. The summed E-state index contributed by atoms with van der Waals surface area (Å²) in [6, 6.07) is -0.0351. The third-order valence-corrected chi connectivity index (χ3v) is 5.21. The van der Waals surface area contributed by atoms with Crippen LogP contribution in [-0.2, 0) is 19.7 Å². The molecule has 0 aromatic carbocycles. The average Bonchev–Trinajstić information content (AvgIpc) is 2.78. The van der Waals surface area contributed by atoms with Crippen LogP contribution in [-0.4, -0.2) is 53.6 Å². The molecule has 0 spiro atoms. The number of rotatable bonds is 8. The zero-order valence-corrected chi connectivity index (χ0v) is 16.1. The van der Waals surface area contributed by atoms with Crippen LogP contribution in [0.5, 0.6) is 0 Å². The van der Waals surface area contributed by atoms with Crippen molar-refractivity contribution in [3.05, 3.63) is 0 Å². The van der Waals surface area contributed by atoms with Gasteiger partial charge in [-0.1, -0.05) is 6.92 Å². The molecule has 1 aliphatic heterocycles. The van der Waals surface area contributed by atoms with Crippen LogP contribution in [0.25, 0.3) is 0 Å². The number of amides is 2. The molecule has 2 unspecified atom stereocenters. The first-order valence-corrected chi connectivity index (χ1v) is 9.58. The molecule has 142 valence electrons. The topological polar surface area (TPSA) is 143 Å². The Hall–Kier alpha value is -1.19. The number of nitrogens with zero attached hydrogens (tertiary/aromatic N) is 1. The van der Waals surface area contributed by atoms with E-state index in [1.54, 1.807) is 4.90 Å². The second-order valence-electron chi connectivity index (χ2n) is 6.96. The van der Waals surface area contributed by atoms with E-state index in [1.165, 1.54) is 13.8 Å². The molecule has 8 nitrogen and oxygen atoms in total. The van der Waals surface area contributed by atoms with Gasteiger partial charge < -0.3 is 20.9 Å². The van der Waals surface area contributed by atoms with Crippen molar-refractivity contribution < 1.29 is 22.6 Å². The maximum atomic E-state index is 12.4. The van der Waals surface area contributed by atoms with Crippen LogP contribution in [0.1, 0.15) is 53.4 Å². The van der Waals surface area contributed by atoms with Crippen molar-refractivity contribution in [1.29, 1.82) is 0 Å². The third-order valence-electron chi connectivity index (χ3n) is 4.13. The van der Waals surface area contributed by atoms with Gasteiger partial charge in [-0.2, -0.15) is 0 Å². The number of nitrogens with one attached hydrogen (secondary N) is 1. The lowest BCUT2D eigenvalue weighted by molar-refractivity contribution is -0.132. The molecule has 1 saturated heterocycles. The highest BCUT2D eigenvalue weighted by Gasteiger charge is 2.31. The summed E-state index contributed by atoms with van der Waals surface area (Å²) >= 11 is 0. The lowest BCUT2D eigenvalue weighted by Gasteiger charge is -2.31. The quantitative estimate of drug-likeness (QED) is 0.622. The Morgan fingerprint density at radius 2 is 2.00 bits per heavy atom. The average molecular weight is 365 g/mol. The molecule has 2 atom stereocenters. The minimum absolute atomic E-state index is 0. The van der Waals surface area contributed by atoms with Gasteiger partial charge in [-0.3, -0.25) is 9.59 Å². The van der Waals surface area contributed by atoms with Gasteiger partial charge in [0.1, 0.15) is 0 Å². The predicted molar refractivity (Wildman–Crippen MR) is 91.6 cm³/mol. The monoisotopic (exact) mass is 365 g/mol. The Balaban J connectivity index is 0.00000529. The number of quaternary nitrogens is 1. The van der Waals surface area contributed by atoms with E-state index in [2.05, 4.69) is 5.32 Å². The molecule has 0 aromatic heterocycles. The van der Waals surface area contributed by atoms with Crippen molar-refractivity contribution in [3.8, 4) is 0 Å². The van der Waals surface area contributed by atoms with E-state index in [0.717, 1.165) is 13.0 Å². The highest BCUT2D eigenvalue weighted by atomic mass is 32.2. The van der Waals surface area contributed by atoms with E-state index in [0.29, 0.717) is 19.3 Å². The van der Waals surface area contributed by atoms with Gasteiger partial charge in [-0.15, -0.1) is 0 Å². The second-order valence-corrected chi connectivity index (χ2v) is 8.36. The maximum absolute atomic E-state index is 12.4. The van der Waals surface area contributed by atoms with Gasteiger partial charge in [-0.05, 0) is 40.0 Å². The van der Waals surface area contributed by atoms with E-state index in [-0.39, 0.29) is 29.9 Å². The van der Waals surface area contributed by atoms with Crippen LogP contribution in [0, 0.1) is 5.92 Å². The molecule has 0 radical (unpaired) electrons. The highest BCUT2D eigenvalue weighted by molar-refractivity contribution is 7.85. The van der Waals surface area contributed by atoms with Crippen LogP contribution >= 0.6 is 0 Å².